The molecule has 3 rings (SSSR count). The Morgan fingerprint density at radius 2 is 1.67 bits per heavy atom. The van der Waals surface area contributed by atoms with Crippen LogP contribution in [0.15, 0.2) is 54.6 Å². The minimum Gasteiger partial charge on any atom is -0.396 e. The van der Waals surface area contributed by atoms with Crippen molar-refractivity contribution in [1.29, 1.82) is 0 Å². The third-order valence-corrected chi connectivity index (χ3v) is 4.09. The molecular formula is C17H18O. The van der Waals surface area contributed by atoms with E-state index >= 15 is 0 Å². The third kappa shape index (κ3) is 1.95. The first-order chi connectivity index (χ1) is 8.90. The van der Waals surface area contributed by atoms with Crippen LogP contribution in [0.4, 0.5) is 0 Å². The van der Waals surface area contributed by atoms with E-state index in [0.717, 1.165) is 12.8 Å². The molecule has 0 bridgehead atoms. The van der Waals surface area contributed by atoms with Gasteiger partial charge in [0.1, 0.15) is 0 Å². The fourth-order valence-electron chi connectivity index (χ4n) is 3.18. The molecule has 2 atom stereocenters. The van der Waals surface area contributed by atoms with Crippen molar-refractivity contribution in [3.05, 3.63) is 71.3 Å². The molecule has 0 aliphatic heterocycles. The highest BCUT2D eigenvalue weighted by Crippen LogP contribution is 2.41. The molecule has 1 aliphatic carbocycles. The topological polar surface area (TPSA) is 20.2 Å². The SMILES string of the molecule is OC[C@@H]1c2ccccc2CC[C@@H]1c1ccccc1. The molecule has 1 nitrogen and oxygen atoms in total. The highest BCUT2D eigenvalue weighted by Gasteiger charge is 2.29. The Morgan fingerprint density at radius 3 is 2.44 bits per heavy atom. The summed E-state index contributed by atoms with van der Waals surface area (Å²) in [7, 11) is 0. The Morgan fingerprint density at radius 1 is 0.944 bits per heavy atom. The van der Waals surface area contributed by atoms with Gasteiger partial charge in [-0.3, -0.25) is 0 Å². The smallest absolute Gasteiger partial charge is 0.0505 e. The highest BCUT2D eigenvalue weighted by atomic mass is 16.3. The maximum absolute atomic E-state index is 9.77. The van der Waals surface area contributed by atoms with Crippen molar-refractivity contribution < 1.29 is 5.11 Å². The van der Waals surface area contributed by atoms with Gasteiger partial charge in [0.15, 0.2) is 0 Å². The zero-order valence-corrected chi connectivity index (χ0v) is 10.4. The van der Waals surface area contributed by atoms with E-state index in [2.05, 4.69) is 48.5 Å². The second-order valence-electron chi connectivity index (χ2n) is 5.04. The van der Waals surface area contributed by atoms with Gasteiger partial charge in [-0.2, -0.15) is 0 Å². The summed E-state index contributed by atoms with van der Waals surface area (Å²) < 4.78 is 0. The quantitative estimate of drug-likeness (QED) is 0.849. The molecule has 1 heteroatoms. The van der Waals surface area contributed by atoms with Gasteiger partial charge < -0.3 is 5.11 Å². The first-order valence-electron chi connectivity index (χ1n) is 6.63. The van der Waals surface area contributed by atoms with E-state index in [9.17, 15) is 5.11 Å². The molecule has 0 saturated heterocycles. The summed E-state index contributed by atoms with van der Waals surface area (Å²) in [5.74, 6) is 0.698. The summed E-state index contributed by atoms with van der Waals surface area (Å²) in [6.07, 6.45) is 2.25. The summed E-state index contributed by atoms with van der Waals surface area (Å²) >= 11 is 0. The summed E-state index contributed by atoms with van der Waals surface area (Å²) in [4.78, 5) is 0. The van der Waals surface area contributed by atoms with Crippen molar-refractivity contribution in [2.24, 2.45) is 0 Å². The molecule has 0 amide bonds. The number of benzene rings is 2. The predicted molar refractivity (Wildman–Crippen MR) is 73.8 cm³/mol. The van der Waals surface area contributed by atoms with Crippen molar-refractivity contribution in [3.63, 3.8) is 0 Å². The minimum atomic E-state index is 0.233. The van der Waals surface area contributed by atoms with Crippen molar-refractivity contribution in [2.75, 3.05) is 6.61 Å². The van der Waals surface area contributed by atoms with E-state index in [1.54, 1.807) is 0 Å². The monoisotopic (exact) mass is 238 g/mol. The van der Waals surface area contributed by atoms with E-state index in [1.807, 2.05) is 6.07 Å². The van der Waals surface area contributed by atoms with Gasteiger partial charge in [-0.1, -0.05) is 54.6 Å². The van der Waals surface area contributed by atoms with Crippen LogP contribution in [0.2, 0.25) is 0 Å². The molecule has 18 heavy (non-hydrogen) atoms. The summed E-state index contributed by atoms with van der Waals surface area (Å²) in [5.41, 5.74) is 4.09. The normalized spacial score (nSPS) is 22.5. The fourth-order valence-corrected chi connectivity index (χ4v) is 3.18. The Bertz CT molecular complexity index is 518. The van der Waals surface area contributed by atoms with E-state index in [-0.39, 0.29) is 12.5 Å². The summed E-state index contributed by atoms with van der Waals surface area (Å²) in [6, 6.07) is 19.1. The van der Waals surface area contributed by atoms with Gasteiger partial charge in [0.25, 0.3) is 0 Å². The van der Waals surface area contributed by atoms with Crippen LogP contribution in [0.25, 0.3) is 0 Å². The number of fused-ring (bicyclic) bond motifs is 1. The second-order valence-corrected chi connectivity index (χ2v) is 5.04. The summed E-state index contributed by atoms with van der Waals surface area (Å²) in [5, 5.41) is 9.77. The lowest BCUT2D eigenvalue weighted by Gasteiger charge is -2.33. The standard InChI is InChI=1S/C17H18O/c18-12-17-15-9-5-4-8-14(15)10-11-16(17)13-6-2-1-3-7-13/h1-9,16-18H,10-12H2/t16-,17-/m1/s1. The third-order valence-electron chi connectivity index (χ3n) is 4.09. The van der Waals surface area contributed by atoms with Gasteiger partial charge in [-0.05, 0) is 35.4 Å². The Balaban J connectivity index is 2.00. The molecule has 0 saturated carbocycles. The van der Waals surface area contributed by atoms with Gasteiger partial charge >= 0.3 is 0 Å². The van der Waals surface area contributed by atoms with Crippen LogP contribution >= 0.6 is 0 Å². The van der Waals surface area contributed by atoms with Crippen molar-refractivity contribution in [2.45, 2.75) is 24.7 Å². The van der Waals surface area contributed by atoms with Crippen LogP contribution in [0, 0.1) is 0 Å². The molecule has 0 aromatic heterocycles. The van der Waals surface area contributed by atoms with Crippen molar-refractivity contribution in [3.8, 4) is 0 Å². The van der Waals surface area contributed by atoms with Gasteiger partial charge in [-0.15, -0.1) is 0 Å². The lowest BCUT2D eigenvalue weighted by Crippen LogP contribution is -2.22. The first-order valence-corrected chi connectivity index (χ1v) is 6.63. The molecule has 0 unspecified atom stereocenters. The van der Waals surface area contributed by atoms with Crippen LogP contribution in [0.3, 0.4) is 0 Å². The number of aryl methyl sites for hydroxylation is 1. The van der Waals surface area contributed by atoms with Crippen LogP contribution in [-0.4, -0.2) is 11.7 Å². The number of hydrogen-bond acceptors (Lipinski definition) is 1. The van der Waals surface area contributed by atoms with Crippen molar-refractivity contribution in [1.82, 2.24) is 0 Å². The lowest BCUT2D eigenvalue weighted by atomic mass is 9.72. The molecule has 1 N–H and O–H groups in total. The summed E-state index contributed by atoms with van der Waals surface area (Å²) in [6.45, 7) is 0.233. The van der Waals surface area contributed by atoms with Crippen LogP contribution in [-0.2, 0) is 6.42 Å². The average molecular weight is 238 g/mol. The predicted octanol–water partition coefficient (Wildman–Crippen LogP) is 3.49. The van der Waals surface area contributed by atoms with Gasteiger partial charge in [-0.25, -0.2) is 0 Å². The number of aliphatic hydroxyl groups excluding tert-OH is 1. The van der Waals surface area contributed by atoms with E-state index in [1.165, 1.54) is 16.7 Å². The fraction of sp³-hybridized carbons (Fsp3) is 0.294. The number of hydrogen-bond donors (Lipinski definition) is 1. The Hall–Kier alpha value is -1.60. The van der Waals surface area contributed by atoms with Crippen molar-refractivity contribution >= 4 is 0 Å². The van der Waals surface area contributed by atoms with Crippen LogP contribution in [0.1, 0.15) is 34.9 Å². The Labute approximate surface area is 108 Å². The van der Waals surface area contributed by atoms with Gasteiger partial charge in [0.2, 0.25) is 0 Å². The number of aliphatic hydroxyl groups is 1. The van der Waals surface area contributed by atoms with E-state index < -0.39 is 0 Å². The second kappa shape index (κ2) is 4.95. The molecular weight excluding hydrogens is 220 g/mol. The number of rotatable bonds is 2. The maximum Gasteiger partial charge on any atom is 0.0505 e. The molecule has 1 aliphatic rings. The molecule has 92 valence electrons. The molecule has 0 spiro atoms. The zero-order valence-electron chi connectivity index (χ0n) is 10.4. The van der Waals surface area contributed by atoms with E-state index in [0.29, 0.717) is 5.92 Å². The Kier molecular flexibility index (Phi) is 3.16. The van der Waals surface area contributed by atoms with Crippen LogP contribution < -0.4 is 0 Å². The molecule has 0 radical (unpaired) electrons. The van der Waals surface area contributed by atoms with Crippen LogP contribution in [0.5, 0.6) is 0 Å². The molecule has 2 aromatic rings. The molecule has 2 aromatic carbocycles. The van der Waals surface area contributed by atoms with Gasteiger partial charge in [0.05, 0.1) is 6.61 Å². The zero-order chi connectivity index (χ0) is 12.4. The van der Waals surface area contributed by atoms with E-state index in [4.69, 9.17) is 0 Å². The first kappa shape index (κ1) is 11.5. The highest BCUT2D eigenvalue weighted by molar-refractivity contribution is 5.38. The molecule has 0 fully saturated rings. The maximum atomic E-state index is 9.77. The molecule has 0 heterocycles. The minimum absolute atomic E-state index is 0.233. The van der Waals surface area contributed by atoms with Gasteiger partial charge in [0, 0.05) is 5.92 Å². The average Bonchev–Trinajstić information content (AvgIpc) is 2.47. The lowest BCUT2D eigenvalue weighted by molar-refractivity contribution is 0.238. The largest absolute Gasteiger partial charge is 0.396 e.